The monoisotopic (exact) mass is 328 g/mol. The van der Waals surface area contributed by atoms with Crippen LogP contribution in [0.1, 0.15) is 30.0 Å². The summed E-state index contributed by atoms with van der Waals surface area (Å²) in [4.78, 5) is 2.53. The van der Waals surface area contributed by atoms with Crippen molar-refractivity contribution in [3.8, 4) is 5.75 Å². The van der Waals surface area contributed by atoms with Crippen LogP contribution >= 0.6 is 0 Å². The second-order valence-electron chi connectivity index (χ2n) is 6.29. The number of nitrogens with zero attached hydrogens (tertiary/aromatic N) is 1. The van der Waals surface area contributed by atoms with Gasteiger partial charge in [0.2, 0.25) is 0 Å². The van der Waals surface area contributed by atoms with E-state index in [0.29, 0.717) is 6.04 Å². The quantitative estimate of drug-likeness (QED) is 0.837. The van der Waals surface area contributed by atoms with Gasteiger partial charge in [-0.2, -0.15) is 0 Å². The Hall–Kier alpha value is -1.91. The molecular formula is C20H25FN2O. The van der Waals surface area contributed by atoms with E-state index in [4.69, 9.17) is 4.74 Å². The first-order valence-electron chi connectivity index (χ1n) is 8.59. The number of ether oxygens (including phenoxy) is 1. The Morgan fingerprint density at radius 1 is 1.12 bits per heavy atom. The SMILES string of the molecule is COc1cccc([C@@H](CNCc2ccc(F)cc2)N2CCCC2)c1. The summed E-state index contributed by atoms with van der Waals surface area (Å²) < 4.78 is 18.4. The molecule has 3 rings (SSSR count). The second-order valence-corrected chi connectivity index (χ2v) is 6.29. The van der Waals surface area contributed by atoms with Gasteiger partial charge in [-0.3, -0.25) is 4.90 Å². The molecule has 1 atom stereocenters. The lowest BCUT2D eigenvalue weighted by Gasteiger charge is -2.28. The van der Waals surface area contributed by atoms with E-state index in [0.717, 1.165) is 37.5 Å². The second kappa shape index (κ2) is 8.27. The molecule has 1 saturated heterocycles. The lowest BCUT2D eigenvalue weighted by atomic mass is 10.0. The summed E-state index contributed by atoms with van der Waals surface area (Å²) in [6.07, 6.45) is 2.52. The Morgan fingerprint density at radius 3 is 2.58 bits per heavy atom. The van der Waals surface area contributed by atoms with Gasteiger partial charge in [0.1, 0.15) is 11.6 Å². The average molecular weight is 328 g/mol. The summed E-state index contributed by atoms with van der Waals surface area (Å²) in [5, 5.41) is 3.53. The zero-order valence-corrected chi connectivity index (χ0v) is 14.2. The standard InChI is InChI=1S/C20H25FN2O/c1-24-19-6-4-5-17(13-19)20(23-11-2-3-12-23)15-22-14-16-7-9-18(21)10-8-16/h4-10,13,20,22H,2-3,11-12,14-15H2,1H3/t20-/m1/s1. The van der Waals surface area contributed by atoms with Crippen molar-refractivity contribution in [1.29, 1.82) is 0 Å². The van der Waals surface area contributed by atoms with Gasteiger partial charge in [-0.1, -0.05) is 24.3 Å². The van der Waals surface area contributed by atoms with Gasteiger partial charge in [0.05, 0.1) is 7.11 Å². The van der Waals surface area contributed by atoms with E-state index in [9.17, 15) is 4.39 Å². The fraction of sp³-hybridized carbons (Fsp3) is 0.400. The first kappa shape index (κ1) is 16.9. The van der Waals surface area contributed by atoms with Crippen LogP contribution in [0.3, 0.4) is 0 Å². The fourth-order valence-corrected chi connectivity index (χ4v) is 3.32. The van der Waals surface area contributed by atoms with Crippen molar-refractivity contribution in [1.82, 2.24) is 10.2 Å². The molecule has 0 unspecified atom stereocenters. The highest BCUT2D eigenvalue weighted by Crippen LogP contribution is 2.27. The van der Waals surface area contributed by atoms with Gasteiger partial charge in [-0.15, -0.1) is 0 Å². The molecule has 0 bridgehead atoms. The minimum absolute atomic E-state index is 0.190. The topological polar surface area (TPSA) is 24.5 Å². The third-order valence-corrected chi connectivity index (χ3v) is 4.64. The zero-order chi connectivity index (χ0) is 16.8. The van der Waals surface area contributed by atoms with Gasteiger partial charge in [0, 0.05) is 19.1 Å². The minimum Gasteiger partial charge on any atom is -0.497 e. The van der Waals surface area contributed by atoms with Crippen LogP contribution in [-0.4, -0.2) is 31.6 Å². The molecule has 4 heteroatoms. The largest absolute Gasteiger partial charge is 0.497 e. The molecule has 3 nitrogen and oxygen atoms in total. The lowest BCUT2D eigenvalue weighted by molar-refractivity contribution is 0.238. The van der Waals surface area contributed by atoms with Crippen molar-refractivity contribution < 1.29 is 9.13 Å². The third-order valence-electron chi connectivity index (χ3n) is 4.64. The zero-order valence-electron chi connectivity index (χ0n) is 14.2. The molecule has 0 spiro atoms. The molecule has 1 aliphatic rings. The highest BCUT2D eigenvalue weighted by Gasteiger charge is 2.23. The van der Waals surface area contributed by atoms with Crippen LogP contribution in [0.25, 0.3) is 0 Å². The third kappa shape index (κ3) is 4.34. The molecule has 1 fully saturated rings. The van der Waals surface area contributed by atoms with Crippen molar-refractivity contribution in [3.05, 3.63) is 65.5 Å². The van der Waals surface area contributed by atoms with Gasteiger partial charge in [-0.05, 0) is 61.3 Å². The number of hydrogen-bond acceptors (Lipinski definition) is 3. The number of hydrogen-bond donors (Lipinski definition) is 1. The van der Waals surface area contributed by atoms with Crippen LogP contribution in [-0.2, 0) is 6.54 Å². The molecule has 24 heavy (non-hydrogen) atoms. The van der Waals surface area contributed by atoms with E-state index >= 15 is 0 Å². The predicted octanol–water partition coefficient (Wildman–Crippen LogP) is 3.76. The Balaban J connectivity index is 1.66. The molecule has 0 aromatic heterocycles. The number of rotatable bonds is 7. The van der Waals surface area contributed by atoms with E-state index in [2.05, 4.69) is 28.4 Å². The van der Waals surface area contributed by atoms with E-state index in [1.165, 1.54) is 30.5 Å². The highest BCUT2D eigenvalue weighted by atomic mass is 19.1. The fourth-order valence-electron chi connectivity index (χ4n) is 3.32. The first-order valence-corrected chi connectivity index (χ1v) is 8.59. The summed E-state index contributed by atoms with van der Waals surface area (Å²) in [7, 11) is 1.71. The number of methoxy groups -OCH3 is 1. The Morgan fingerprint density at radius 2 is 1.88 bits per heavy atom. The van der Waals surface area contributed by atoms with Gasteiger partial charge in [0.25, 0.3) is 0 Å². The lowest BCUT2D eigenvalue weighted by Crippen LogP contribution is -2.34. The van der Waals surface area contributed by atoms with Crippen LogP contribution in [0.5, 0.6) is 5.75 Å². The van der Waals surface area contributed by atoms with Crippen molar-refractivity contribution in [2.75, 3.05) is 26.7 Å². The van der Waals surface area contributed by atoms with E-state index in [1.807, 2.05) is 18.2 Å². The molecule has 0 aliphatic carbocycles. The summed E-state index contributed by atoms with van der Waals surface area (Å²) in [5.41, 5.74) is 2.38. The summed E-state index contributed by atoms with van der Waals surface area (Å²) >= 11 is 0. The van der Waals surface area contributed by atoms with E-state index in [1.54, 1.807) is 7.11 Å². The van der Waals surface area contributed by atoms with Crippen molar-refractivity contribution in [2.24, 2.45) is 0 Å². The number of benzene rings is 2. The highest BCUT2D eigenvalue weighted by molar-refractivity contribution is 5.31. The van der Waals surface area contributed by atoms with Crippen molar-refractivity contribution >= 4 is 0 Å². The Labute approximate surface area is 143 Å². The van der Waals surface area contributed by atoms with E-state index < -0.39 is 0 Å². The van der Waals surface area contributed by atoms with Gasteiger partial charge in [-0.25, -0.2) is 4.39 Å². The van der Waals surface area contributed by atoms with Crippen LogP contribution in [0, 0.1) is 5.82 Å². The molecule has 0 radical (unpaired) electrons. The molecule has 1 heterocycles. The normalized spacial score (nSPS) is 16.2. The Kier molecular flexibility index (Phi) is 5.83. The van der Waals surface area contributed by atoms with Crippen LogP contribution in [0.15, 0.2) is 48.5 Å². The molecule has 1 aliphatic heterocycles. The molecule has 128 valence electrons. The summed E-state index contributed by atoms with van der Waals surface area (Å²) in [6.45, 7) is 3.89. The number of halogens is 1. The molecule has 2 aromatic rings. The summed E-state index contributed by atoms with van der Waals surface area (Å²) in [5.74, 6) is 0.709. The summed E-state index contributed by atoms with van der Waals surface area (Å²) in [6, 6.07) is 15.4. The van der Waals surface area contributed by atoms with Crippen molar-refractivity contribution in [3.63, 3.8) is 0 Å². The van der Waals surface area contributed by atoms with Gasteiger partial charge in [0.15, 0.2) is 0 Å². The minimum atomic E-state index is -0.190. The van der Waals surface area contributed by atoms with E-state index in [-0.39, 0.29) is 5.82 Å². The molecule has 0 saturated carbocycles. The average Bonchev–Trinajstić information content (AvgIpc) is 3.14. The van der Waals surface area contributed by atoms with Gasteiger partial charge >= 0.3 is 0 Å². The molecule has 0 amide bonds. The van der Waals surface area contributed by atoms with Crippen LogP contribution in [0.2, 0.25) is 0 Å². The maximum atomic E-state index is 13.0. The van der Waals surface area contributed by atoms with Gasteiger partial charge < -0.3 is 10.1 Å². The maximum Gasteiger partial charge on any atom is 0.123 e. The first-order chi connectivity index (χ1) is 11.8. The number of nitrogens with one attached hydrogen (secondary N) is 1. The van der Waals surface area contributed by atoms with Crippen molar-refractivity contribution in [2.45, 2.75) is 25.4 Å². The predicted molar refractivity (Wildman–Crippen MR) is 94.6 cm³/mol. The van der Waals surface area contributed by atoms with Crippen LogP contribution in [0.4, 0.5) is 4.39 Å². The van der Waals surface area contributed by atoms with Crippen LogP contribution < -0.4 is 10.1 Å². The Bertz CT molecular complexity index is 638. The molecule has 1 N–H and O–H groups in total. The smallest absolute Gasteiger partial charge is 0.123 e. The number of likely N-dealkylation sites (tertiary alicyclic amines) is 1. The maximum absolute atomic E-state index is 13.0. The molecular weight excluding hydrogens is 303 g/mol. The molecule has 2 aromatic carbocycles.